The summed E-state index contributed by atoms with van der Waals surface area (Å²) in [4.78, 5) is 16.6. The van der Waals surface area contributed by atoms with Crippen LogP contribution in [0.15, 0.2) is 71.0 Å². The van der Waals surface area contributed by atoms with Gasteiger partial charge in [-0.2, -0.15) is 13.2 Å². The van der Waals surface area contributed by atoms with Gasteiger partial charge in [0, 0.05) is 18.2 Å². The van der Waals surface area contributed by atoms with Crippen LogP contribution in [0.2, 0.25) is 0 Å². The SMILES string of the molecule is FC(F)(F)c1cc(Sc2nc(C3CC3)n(-c3ccccc3)n2)nc(-c2ccccn2)n1. The van der Waals surface area contributed by atoms with E-state index in [4.69, 9.17) is 0 Å². The van der Waals surface area contributed by atoms with E-state index in [0.29, 0.717) is 11.1 Å². The van der Waals surface area contributed by atoms with Gasteiger partial charge in [-0.25, -0.2) is 19.6 Å². The van der Waals surface area contributed by atoms with E-state index in [1.165, 1.54) is 6.20 Å². The van der Waals surface area contributed by atoms with Crippen LogP contribution in [0.25, 0.3) is 17.2 Å². The van der Waals surface area contributed by atoms with Gasteiger partial charge in [0.25, 0.3) is 0 Å². The maximum absolute atomic E-state index is 13.5. The number of rotatable bonds is 5. The van der Waals surface area contributed by atoms with Crippen LogP contribution in [0, 0.1) is 0 Å². The number of pyridine rings is 1. The van der Waals surface area contributed by atoms with E-state index >= 15 is 0 Å². The van der Waals surface area contributed by atoms with E-state index in [0.717, 1.165) is 42.2 Å². The summed E-state index contributed by atoms with van der Waals surface area (Å²) in [6.45, 7) is 0. The zero-order valence-electron chi connectivity index (χ0n) is 16.0. The fourth-order valence-corrected chi connectivity index (χ4v) is 3.79. The van der Waals surface area contributed by atoms with Crippen molar-refractivity contribution in [3.8, 4) is 17.2 Å². The fourth-order valence-electron chi connectivity index (χ4n) is 3.04. The smallest absolute Gasteiger partial charge is 0.253 e. The first-order valence-corrected chi connectivity index (χ1v) is 10.4. The van der Waals surface area contributed by atoms with Crippen LogP contribution >= 0.6 is 11.8 Å². The van der Waals surface area contributed by atoms with Crippen molar-refractivity contribution in [2.75, 3.05) is 0 Å². The Balaban J connectivity index is 1.54. The number of nitrogens with zero attached hydrogens (tertiary/aromatic N) is 6. The molecule has 0 N–H and O–H groups in total. The van der Waals surface area contributed by atoms with Gasteiger partial charge < -0.3 is 0 Å². The summed E-state index contributed by atoms with van der Waals surface area (Å²) in [6, 6.07) is 15.4. The van der Waals surface area contributed by atoms with E-state index < -0.39 is 11.9 Å². The lowest BCUT2D eigenvalue weighted by atomic mass is 10.3. The molecule has 0 unspecified atom stereocenters. The molecular weight excluding hydrogens is 425 g/mol. The molecule has 10 heteroatoms. The minimum Gasteiger partial charge on any atom is -0.253 e. The Kier molecular flexibility index (Phi) is 4.93. The maximum Gasteiger partial charge on any atom is 0.433 e. The second kappa shape index (κ2) is 7.77. The van der Waals surface area contributed by atoms with Crippen LogP contribution in [0.3, 0.4) is 0 Å². The van der Waals surface area contributed by atoms with Gasteiger partial charge in [0.1, 0.15) is 22.2 Å². The third kappa shape index (κ3) is 4.29. The lowest BCUT2D eigenvalue weighted by Crippen LogP contribution is -2.10. The Morgan fingerprint density at radius 1 is 0.935 bits per heavy atom. The molecule has 0 radical (unpaired) electrons. The summed E-state index contributed by atoms with van der Waals surface area (Å²) in [6.07, 6.45) is -1.09. The van der Waals surface area contributed by atoms with Crippen LogP contribution in [0.1, 0.15) is 30.3 Å². The minimum absolute atomic E-state index is 0.0946. The van der Waals surface area contributed by atoms with E-state index in [-0.39, 0.29) is 16.5 Å². The molecule has 0 atom stereocenters. The van der Waals surface area contributed by atoms with Crippen molar-refractivity contribution in [3.05, 3.63) is 72.3 Å². The third-order valence-corrected chi connectivity index (χ3v) is 5.41. The Labute approximate surface area is 179 Å². The molecule has 3 aromatic heterocycles. The van der Waals surface area contributed by atoms with Crippen molar-refractivity contribution in [3.63, 3.8) is 0 Å². The highest BCUT2D eigenvalue weighted by Crippen LogP contribution is 2.41. The van der Waals surface area contributed by atoms with Gasteiger partial charge in [-0.15, -0.1) is 5.10 Å². The number of para-hydroxylation sites is 1. The summed E-state index contributed by atoms with van der Waals surface area (Å²) in [5.41, 5.74) is 0.0871. The van der Waals surface area contributed by atoms with Crippen LogP contribution in [-0.2, 0) is 6.18 Å². The molecule has 31 heavy (non-hydrogen) atoms. The first-order valence-electron chi connectivity index (χ1n) is 9.55. The summed E-state index contributed by atoms with van der Waals surface area (Å²) in [7, 11) is 0. The molecule has 0 saturated heterocycles. The van der Waals surface area contributed by atoms with Crippen LogP contribution in [0.5, 0.6) is 0 Å². The monoisotopic (exact) mass is 440 g/mol. The van der Waals surface area contributed by atoms with Crippen molar-refractivity contribution in [2.45, 2.75) is 35.1 Å². The third-order valence-electron chi connectivity index (χ3n) is 4.64. The molecule has 0 bridgehead atoms. The van der Waals surface area contributed by atoms with Gasteiger partial charge in [0.2, 0.25) is 5.16 Å². The first kappa shape index (κ1) is 19.7. The van der Waals surface area contributed by atoms with Gasteiger partial charge >= 0.3 is 6.18 Å². The average Bonchev–Trinajstić information content (AvgIpc) is 3.54. The molecular formula is C21H15F3N6S. The zero-order valence-corrected chi connectivity index (χ0v) is 16.8. The van der Waals surface area contributed by atoms with Gasteiger partial charge in [0.05, 0.1) is 5.69 Å². The lowest BCUT2D eigenvalue weighted by molar-refractivity contribution is -0.141. The van der Waals surface area contributed by atoms with Crippen molar-refractivity contribution in [2.24, 2.45) is 0 Å². The molecule has 0 spiro atoms. The summed E-state index contributed by atoms with van der Waals surface area (Å²) in [5, 5.41) is 4.99. The Bertz CT molecular complexity index is 1210. The topological polar surface area (TPSA) is 69.4 Å². The Morgan fingerprint density at radius 2 is 1.71 bits per heavy atom. The normalized spacial score (nSPS) is 14.0. The van der Waals surface area contributed by atoms with Crippen molar-refractivity contribution >= 4 is 11.8 Å². The van der Waals surface area contributed by atoms with Crippen LogP contribution in [0.4, 0.5) is 13.2 Å². The van der Waals surface area contributed by atoms with E-state index in [9.17, 15) is 13.2 Å². The Hall–Kier alpha value is -3.27. The molecule has 5 rings (SSSR count). The quantitative estimate of drug-likeness (QED) is 0.399. The highest BCUT2D eigenvalue weighted by Gasteiger charge is 2.35. The summed E-state index contributed by atoms with van der Waals surface area (Å²) < 4.78 is 42.1. The second-order valence-electron chi connectivity index (χ2n) is 7.00. The molecule has 3 heterocycles. The van der Waals surface area contributed by atoms with E-state index in [2.05, 4.69) is 25.0 Å². The number of hydrogen-bond donors (Lipinski definition) is 0. The van der Waals surface area contributed by atoms with Gasteiger partial charge in [-0.1, -0.05) is 24.3 Å². The minimum atomic E-state index is -4.61. The van der Waals surface area contributed by atoms with Crippen molar-refractivity contribution in [1.82, 2.24) is 29.7 Å². The van der Waals surface area contributed by atoms with Gasteiger partial charge in [-0.3, -0.25) is 4.98 Å². The molecule has 4 aromatic rings. The maximum atomic E-state index is 13.5. The first-order chi connectivity index (χ1) is 15.0. The molecule has 156 valence electrons. The lowest BCUT2D eigenvalue weighted by Gasteiger charge is -2.09. The molecule has 1 aromatic carbocycles. The number of benzene rings is 1. The molecule has 6 nitrogen and oxygen atoms in total. The largest absolute Gasteiger partial charge is 0.433 e. The molecule has 1 aliphatic carbocycles. The van der Waals surface area contributed by atoms with Gasteiger partial charge in [0.15, 0.2) is 5.82 Å². The standard InChI is InChI=1S/C21H15F3N6S/c22-21(23,24)16-12-17(27-18(26-16)15-8-4-5-11-25-15)31-20-28-19(13-9-10-13)30(29-20)14-6-2-1-3-7-14/h1-8,11-13H,9-10H2. The zero-order chi connectivity index (χ0) is 21.4. The molecule has 1 aliphatic rings. The number of alkyl halides is 3. The molecule has 0 aliphatic heterocycles. The fraction of sp³-hybridized carbons (Fsp3) is 0.190. The average molecular weight is 440 g/mol. The number of aromatic nitrogens is 6. The number of hydrogen-bond acceptors (Lipinski definition) is 6. The predicted octanol–water partition coefficient (Wildman–Crippen LogP) is 5.17. The van der Waals surface area contributed by atoms with Crippen molar-refractivity contribution < 1.29 is 13.2 Å². The molecule has 1 saturated carbocycles. The van der Waals surface area contributed by atoms with Crippen LogP contribution in [-0.4, -0.2) is 29.7 Å². The molecule has 1 fully saturated rings. The highest BCUT2D eigenvalue weighted by molar-refractivity contribution is 7.99. The predicted molar refractivity (Wildman–Crippen MR) is 108 cm³/mol. The Morgan fingerprint density at radius 3 is 2.39 bits per heavy atom. The molecule has 0 amide bonds. The van der Waals surface area contributed by atoms with Crippen molar-refractivity contribution in [1.29, 1.82) is 0 Å². The van der Waals surface area contributed by atoms with E-state index in [1.807, 2.05) is 30.3 Å². The second-order valence-corrected chi connectivity index (χ2v) is 7.99. The van der Waals surface area contributed by atoms with Crippen LogP contribution < -0.4 is 0 Å². The summed E-state index contributed by atoms with van der Waals surface area (Å²) in [5.74, 6) is 1.02. The number of halogens is 3. The highest BCUT2D eigenvalue weighted by atomic mass is 32.2. The van der Waals surface area contributed by atoms with E-state index in [1.54, 1.807) is 22.9 Å². The van der Waals surface area contributed by atoms with Gasteiger partial charge in [-0.05, 0) is 48.9 Å². The summed E-state index contributed by atoms with van der Waals surface area (Å²) >= 11 is 0.980.